The van der Waals surface area contributed by atoms with E-state index in [1.807, 2.05) is 18.2 Å². The van der Waals surface area contributed by atoms with Gasteiger partial charge in [-0.3, -0.25) is 9.59 Å². The Morgan fingerprint density at radius 3 is 2.59 bits per heavy atom. The third-order valence-electron chi connectivity index (χ3n) is 4.26. The number of nitrogens with one attached hydrogen (secondary N) is 2. The molecular formula is C17H24N2O3. The summed E-state index contributed by atoms with van der Waals surface area (Å²) in [4.78, 5) is 24.0. The van der Waals surface area contributed by atoms with Crippen molar-refractivity contribution in [2.45, 2.75) is 44.2 Å². The number of carbonyl (C=O) groups is 2. The Bertz CT molecular complexity index is 504. The molecule has 0 heterocycles. The van der Waals surface area contributed by atoms with Gasteiger partial charge < -0.3 is 15.7 Å². The van der Waals surface area contributed by atoms with Crippen LogP contribution in [0.5, 0.6) is 0 Å². The van der Waals surface area contributed by atoms with E-state index >= 15 is 0 Å². The molecule has 3 N–H and O–H groups in total. The van der Waals surface area contributed by atoms with Crippen LogP contribution in [0.15, 0.2) is 30.3 Å². The largest absolute Gasteiger partial charge is 0.388 e. The first-order valence-electron chi connectivity index (χ1n) is 7.85. The van der Waals surface area contributed by atoms with Gasteiger partial charge >= 0.3 is 0 Å². The average molecular weight is 304 g/mol. The molecular weight excluding hydrogens is 280 g/mol. The highest BCUT2D eigenvalue weighted by Gasteiger charge is 2.31. The maximum absolute atomic E-state index is 12.1. The minimum atomic E-state index is -0.816. The second kappa shape index (κ2) is 7.94. The van der Waals surface area contributed by atoms with E-state index in [0.29, 0.717) is 0 Å². The Balaban J connectivity index is 1.91. The molecule has 1 aromatic rings. The van der Waals surface area contributed by atoms with Crippen molar-refractivity contribution in [3.8, 4) is 0 Å². The van der Waals surface area contributed by atoms with Gasteiger partial charge in [-0.25, -0.2) is 0 Å². The van der Waals surface area contributed by atoms with Crippen LogP contribution in [-0.2, 0) is 9.59 Å². The van der Waals surface area contributed by atoms with E-state index in [1.54, 1.807) is 19.2 Å². The van der Waals surface area contributed by atoms with E-state index in [2.05, 4.69) is 10.6 Å². The summed E-state index contributed by atoms with van der Waals surface area (Å²) >= 11 is 0. The van der Waals surface area contributed by atoms with E-state index in [9.17, 15) is 14.7 Å². The molecule has 3 unspecified atom stereocenters. The Kier molecular flexibility index (Phi) is 5.95. The molecule has 1 aromatic carbocycles. The van der Waals surface area contributed by atoms with E-state index < -0.39 is 6.10 Å². The van der Waals surface area contributed by atoms with Crippen molar-refractivity contribution in [3.63, 3.8) is 0 Å². The molecule has 0 bridgehead atoms. The van der Waals surface area contributed by atoms with Crippen LogP contribution < -0.4 is 10.6 Å². The second-order valence-corrected chi connectivity index (χ2v) is 5.81. The summed E-state index contributed by atoms with van der Waals surface area (Å²) in [7, 11) is 1.62. The van der Waals surface area contributed by atoms with E-state index in [4.69, 9.17) is 0 Å². The van der Waals surface area contributed by atoms with Crippen molar-refractivity contribution in [1.82, 2.24) is 10.6 Å². The lowest BCUT2D eigenvalue weighted by molar-refractivity contribution is -0.128. The first-order chi connectivity index (χ1) is 10.6. The van der Waals surface area contributed by atoms with Crippen LogP contribution in [0.25, 0.3) is 0 Å². The van der Waals surface area contributed by atoms with Crippen LogP contribution in [0.3, 0.4) is 0 Å². The van der Waals surface area contributed by atoms with Gasteiger partial charge in [-0.15, -0.1) is 0 Å². The number of hydrogen-bond donors (Lipinski definition) is 3. The standard InChI is InChI=1S/C17H24N2O3/c1-18-17(22)13-9-5-6-10-14(13)19-16(21)11-15(20)12-7-3-2-4-8-12/h2-4,7-8,13-15,20H,5-6,9-11H2,1H3,(H,18,22)(H,19,21). The van der Waals surface area contributed by atoms with Crippen LogP contribution >= 0.6 is 0 Å². The molecule has 5 nitrogen and oxygen atoms in total. The Morgan fingerprint density at radius 1 is 1.23 bits per heavy atom. The summed E-state index contributed by atoms with van der Waals surface area (Å²) in [5.74, 6) is -0.401. The molecule has 0 radical (unpaired) electrons. The predicted octanol–water partition coefficient (Wildman–Crippen LogP) is 1.53. The highest BCUT2D eigenvalue weighted by molar-refractivity contribution is 5.81. The summed E-state index contributed by atoms with van der Waals surface area (Å²) in [6.45, 7) is 0. The fraction of sp³-hybridized carbons (Fsp3) is 0.529. The maximum atomic E-state index is 12.1. The highest BCUT2D eigenvalue weighted by Crippen LogP contribution is 2.25. The molecule has 2 rings (SSSR count). The predicted molar refractivity (Wildman–Crippen MR) is 84.0 cm³/mol. The quantitative estimate of drug-likeness (QED) is 0.772. The molecule has 0 aromatic heterocycles. The van der Waals surface area contributed by atoms with Gasteiger partial charge in [0, 0.05) is 13.1 Å². The third kappa shape index (κ3) is 4.31. The van der Waals surface area contributed by atoms with Gasteiger partial charge in [0.25, 0.3) is 0 Å². The molecule has 0 spiro atoms. The van der Waals surface area contributed by atoms with Gasteiger partial charge in [0.1, 0.15) is 0 Å². The summed E-state index contributed by atoms with van der Waals surface area (Å²) in [6.07, 6.45) is 2.83. The number of hydrogen-bond acceptors (Lipinski definition) is 3. The van der Waals surface area contributed by atoms with Crippen molar-refractivity contribution in [1.29, 1.82) is 0 Å². The van der Waals surface area contributed by atoms with Gasteiger partial charge in [-0.2, -0.15) is 0 Å². The Hall–Kier alpha value is -1.88. The number of carbonyl (C=O) groups excluding carboxylic acids is 2. The monoisotopic (exact) mass is 304 g/mol. The minimum Gasteiger partial charge on any atom is -0.388 e. The molecule has 120 valence electrons. The molecule has 1 fully saturated rings. The zero-order chi connectivity index (χ0) is 15.9. The lowest BCUT2D eigenvalue weighted by Crippen LogP contribution is -2.48. The Labute approximate surface area is 131 Å². The first kappa shape index (κ1) is 16.5. The number of aliphatic hydroxyl groups excluding tert-OH is 1. The fourth-order valence-corrected chi connectivity index (χ4v) is 3.04. The topological polar surface area (TPSA) is 78.4 Å². The average Bonchev–Trinajstić information content (AvgIpc) is 2.55. The van der Waals surface area contributed by atoms with Gasteiger partial charge in [0.05, 0.1) is 18.4 Å². The van der Waals surface area contributed by atoms with Gasteiger partial charge in [0.2, 0.25) is 11.8 Å². The molecule has 3 atom stereocenters. The zero-order valence-electron chi connectivity index (χ0n) is 12.9. The molecule has 0 saturated heterocycles. The van der Waals surface area contributed by atoms with E-state index in [0.717, 1.165) is 31.2 Å². The van der Waals surface area contributed by atoms with Crippen LogP contribution in [-0.4, -0.2) is 30.0 Å². The van der Waals surface area contributed by atoms with Gasteiger partial charge in [-0.1, -0.05) is 43.2 Å². The van der Waals surface area contributed by atoms with E-state index in [-0.39, 0.29) is 30.2 Å². The van der Waals surface area contributed by atoms with Crippen LogP contribution in [0, 0.1) is 5.92 Å². The number of rotatable bonds is 5. The van der Waals surface area contributed by atoms with E-state index in [1.165, 1.54) is 0 Å². The molecule has 22 heavy (non-hydrogen) atoms. The first-order valence-corrected chi connectivity index (χ1v) is 7.85. The molecule has 0 aliphatic heterocycles. The zero-order valence-corrected chi connectivity index (χ0v) is 12.9. The smallest absolute Gasteiger partial charge is 0.224 e. The lowest BCUT2D eigenvalue weighted by Gasteiger charge is -2.31. The highest BCUT2D eigenvalue weighted by atomic mass is 16.3. The minimum absolute atomic E-state index is 0.0149. The normalized spacial score (nSPS) is 22.6. The lowest BCUT2D eigenvalue weighted by atomic mass is 9.83. The number of amides is 2. The summed E-state index contributed by atoms with van der Waals surface area (Å²) in [5, 5.41) is 15.7. The van der Waals surface area contributed by atoms with Crippen LogP contribution in [0.4, 0.5) is 0 Å². The summed E-state index contributed by atoms with van der Waals surface area (Å²) in [6, 6.07) is 8.99. The van der Waals surface area contributed by atoms with Crippen molar-refractivity contribution in [3.05, 3.63) is 35.9 Å². The summed E-state index contributed by atoms with van der Waals surface area (Å²) < 4.78 is 0. The summed E-state index contributed by atoms with van der Waals surface area (Å²) in [5.41, 5.74) is 0.726. The Morgan fingerprint density at radius 2 is 1.91 bits per heavy atom. The SMILES string of the molecule is CNC(=O)C1CCCCC1NC(=O)CC(O)c1ccccc1. The van der Waals surface area contributed by atoms with Crippen LogP contribution in [0.1, 0.15) is 43.8 Å². The maximum Gasteiger partial charge on any atom is 0.224 e. The van der Waals surface area contributed by atoms with Crippen molar-refractivity contribution < 1.29 is 14.7 Å². The van der Waals surface area contributed by atoms with Crippen molar-refractivity contribution in [2.24, 2.45) is 5.92 Å². The molecule has 1 saturated carbocycles. The van der Waals surface area contributed by atoms with Gasteiger partial charge in [0.15, 0.2) is 0 Å². The van der Waals surface area contributed by atoms with Crippen molar-refractivity contribution >= 4 is 11.8 Å². The number of benzene rings is 1. The molecule has 1 aliphatic carbocycles. The third-order valence-corrected chi connectivity index (χ3v) is 4.26. The second-order valence-electron chi connectivity index (χ2n) is 5.81. The van der Waals surface area contributed by atoms with Crippen molar-refractivity contribution in [2.75, 3.05) is 7.05 Å². The fourth-order valence-electron chi connectivity index (χ4n) is 3.04. The molecule has 5 heteroatoms. The number of aliphatic hydroxyl groups is 1. The van der Waals surface area contributed by atoms with Gasteiger partial charge in [-0.05, 0) is 18.4 Å². The molecule has 1 aliphatic rings. The van der Waals surface area contributed by atoms with Crippen LogP contribution in [0.2, 0.25) is 0 Å². The molecule has 2 amide bonds.